The summed E-state index contributed by atoms with van der Waals surface area (Å²) in [6.07, 6.45) is 1.76. The van der Waals surface area contributed by atoms with Crippen LogP contribution in [0.25, 0.3) is 0 Å². The SMILES string of the molecule is CC(=O)c1cccc(OCC(O)CN2CCCC2c2cccs2)c1. The Kier molecular flexibility index (Phi) is 5.66. The van der Waals surface area contributed by atoms with Gasteiger partial charge < -0.3 is 9.84 Å². The van der Waals surface area contributed by atoms with Crippen LogP contribution in [0, 0.1) is 0 Å². The van der Waals surface area contributed by atoms with Gasteiger partial charge in [-0.15, -0.1) is 11.3 Å². The van der Waals surface area contributed by atoms with E-state index in [1.807, 2.05) is 6.07 Å². The highest BCUT2D eigenvalue weighted by molar-refractivity contribution is 7.10. The van der Waals surface area contributed by atoms with E-state index in [1.54, 1.807) is 29.5 Å². The summed E-state index contributed by atoms with van der Waals surface area (Å²) in [5.41, 5.74) is 0.624. The number of hydrogen-bond acceptors (Lipinski definition) is 5. The molecule has 1 saturated heterocycles. The Labute approximate surface area is 146 Å². The molecule has 0 bridgehead atoms. The topological polar surface area (TPSA) is 49.8 Å². The Balaban J connectivity index is 1.53. The molecular weight excluding hydrogens is 322 g/mol. The quantitative estimate of drug-likeness (QED) is 0.780. The lowest BCUT2D eigenvalue weighted by Crippen LogP contribution is -2.35. The molecule has 2 aromatic rings. The first-order valence-corrected chi connectivity index (χ1v) is 9.21. The number of ketones is 1. The molecule has 1 fully saturated rings. The second kappa shape index (κ2) is 7.92. The number of carbonyl (C=O) groups is 1. The average molecular weight is 345 g/mol. The van der Waals surface area contributed by atoms with Crippen molar-refractivity contribution in [1.29, 1.82) is 0 Å². The van der Waals surface area contributed by atoms with Crippen LogP contribution in [0.1, 0.15) is 41.0 Å². The van der Waals surface area contributed by atoms with Crippen LogP contribution in [0.15, 0.2) is 41.8 Å². The number of rotatable bonds is 7. The van der Waals surface area contributed by atoms with Crippen molar-refractivity contribution in [2.75, 3.05) is 19.7 Å². The Hall–Kier alpha value is -1.69. The molecule has 2 heterocycles. The Morgan fingerprint density at radius 2 is 2.29 bits per heavy atom. The van der Waals surface area contributed by atoms with E-state index in [0.717, 1.165) is 19.4 Å². The smallest absolute Gasteiger partial charge is 0.159 e. The van der Waals surface area contributed by atoms with Crippen LogP contribution in [-0.2, 0) is 0 Å². The zero-order chi connectivity index (χ0) is 16.9. The molecule has 0 spiro atoms. The zero-order valence-electron chi connectivity index (χ0n) is 13.9. The predicted molar refractivity (Wildman–Crippen MR) is 95.8 cm³/mol. The lowest BCUT2D eigenvalue weighted by atomic mass is 10.1. The standard InChI is InChI=1S/C19H23NO3S/c1-14(21)15-5-2-6-17(11-15)23-13-16(22)12-20-9-3-7-18(20)19-8-4-10-24-19/h2,4-6,8,10-11,16,18,22H,3,7,9,12-13H2,1H3. The molecule has 1 aliphatic rings. The summed E-state index contributed by atoms with van der Waals surface area (Å²) in [5, 5.41) is 12.4. The van der Waals surface area contributed by atoms with E-state index < -0.39 is 6.10 Å². The number of thiophene rings is 1. The fourth-order valence-corrected chi connectivity index (χ4v) is 4.06. The van der Waals surface area contributed by atoms with E-state index in [9.17, 15) is 9.90 Å². The van der Waals surface area contributed by atoms with Gasteiger partial charge in [-0.2, -0.15) is 0 Å². The second-order valence-corrected chi connectivity index (χ2v) is 7.20. The van der Waals surface area contributed by atoms with Crippen molar-refractivity contribution >= 4 is 17.1 Å². The van der Waals surface area contributed by atoms with Crippen LogP contribution in [-0.4, -0.2) is 41.6 Å². The maximum Gasteiger partial charge on any atom is 0.159 e. The Morgan fingerprint density at radius 1 is 1.42 bits per heavy atom. The van der Waals surface area contributed by atoms with Gasteiger partial charge in [0.25, 0.3) is 0 Å². The van der Waals surface area contributed by atoms with Gasteiger partial charge in [-0.3, -0.25) is 9.69 Å². The normalized spacial score (nSPS) is 19.3. The molecule has 4 nitrogen and oxygen atoms in total. The van der Waals surface area contributed by atoms with Crippen LogP contribution < -0.4 is 4.74 Å². The van der Waals surface area contributed by atoms with Crippen molar-refractivity contribution in [3.8, 4) is 5.75 Å². The molecule has 0 amide bonds. The summed E-state index contributed by atoms with van der Waals surface area (Å²) < 4.78 is 5.67. The maximum atomic E-state index is 11.4. The third-order valence-electron chi connectivity index (χ3n) is 4.36. The summed E-state index contributed by atoms with van der Waals surface area (Å²) in [7, 11) is 0. The van der Waals surface area contributed by atoms with Crippen LogP contribution in [0.4, 0.5) is 0 Å². The van der Waals surface area contributed by atoms with Crippen molar-refractivity contribution < 1.29 is 14.6 Å². The van der Waals surface area contributed by atoms with E-state index in [2.05, 4.69) is 22.4 Å². The molecule has 1 N–H and O–H groups in total. The van der Waals surface area contributed by atoms with Crippen molar-refractivity contribution in [1.82, 2.24) is 4.90 Å². The third-order valence-corrected chi connectivity index (χ3v) is 5.34. The highest BCUT2D eigenvalue weighted by atomic mass is 32.1. The van der Waals surface area contributed by atoms with Gasteiger partial charge in [0.15, 0.2) is 5.78 Å². The third kappa shape index (κ3) is 4.23. The molecule has 24 heavy (non-hydrogen) atoms. The number of aliphatic hydroxyl groups excluding tert-OH is 1. The Bertz CT molecular complexity index is 671. The van der Waals surface area contributed by atoms with Crippen LogP contribution >= 0.6 is 11.3 Å². The van der Waals surface area contributed by atoms with Gasteiger partial charge in [-0.25, -0.2) is 0 Å². The van der Waals surface area contributed by atoms with Gasteiger partial charge in [-0.1, -0.05) is 18.2 Å². The van der Waals surface area contributed by atoms with Gasteiger partial charge >= 0.3 is 0 Å². The first-order valence-electron chi connectivity index (χ1n) is 8.33. The monoisotopic (exact) mass is 345 g/mol. The lowest BCUT2D eigenvalue weighted by Gasteiger charge is -2.26. The first kappa shape index (κ1) is 17.1. The molecule has 0 aliphatic carbocycles. The molecule has 5 heteroatoms. The van der Waals surface area contributed by atoms with Crippen LogP contribution in [0.5, 0.6) is 5.75 Å². The molecule has 128 valence electrons. The minimum atomic E-state index is -0.549. The number of Topliss-reactive ketones (excluding diaryl/α,β-unsaturated/α-hetero) is 1. The van der Waals surface area contributed by atoms with E-state index >= 15 is 0 Å². The fraction of sp³-hybridized carbons (Fsp3) is 0.421. The molecule has 2 unspecified atom stereocenters. The number of β-amino-alcohol motifs (C(OH)–C–C–N with tert-alkyl or cyclic N) is 1. The van der Waals surface area contributed by atoms with Crippen molar-refractivity contribution in [2.45, 2.75) is 31.9 Å². The van der Waals surface area contributed by atoms with Crippen molar-refractivity contribution in [3.63, 3.8) is 0 Å². The zero-order valence-corrected chi connectivity index (χ0v) is 14.7. The number of likely N-dealkylation sites (tertiary alicyclic amines) is 1. The number of aliphatic hydroxyl groups is 1. The fourth-order valence-electron chi connectivity index (χ4n) is 3.17. The van der Waals surface area contributed by atoms with Crippen molar-refractivity contribution in [2.24, 2.45) is 0 Å². The summed E-state index contributed by atoms with van der Waals surface area (Å²) in [6, 6.07) is 11.8. The number of ether oxygens (including phenoxy) is 1. The maximum absolute atomic E-state index is 11.4. The molecule has 0 saturated carbocycles. The Morgan fingerprint density at radius 3 is 3.04 bits per heavy atom. The van der Waals surface area contributed by atoms with Gasteiger partial charge in [-0.05, 0) is 49.9 Å². The summed E-state index contributed by atoms with van der Waals surface area (Å²) >= 11 is 1.78. The summed E-state index contributed by atoms with van der Waals surface area (Å²) in [4.78, 5) is 15.1. The summed E-state index contributed by atoms with van der Waals surface area (Å²) in [6.45, 7) is 3.38. The number of carbonyl (C=O) groups excluding carboxylic acids is 1. The largest absolute Gasteiger partial charge is 0.491 e. The van der Waals surface area contributed by atoms with Gasteiger partial charge in [0.05, 0.1) is 0 Å². The van der Waals surface area contributed by atoms with Crippen molar-refractivity contribution in [3.05, 3.63) is 52.2 Å². The van der Waals surface area contributed by atoms with E-state index in [-0.39, 0.29) is 12.4 Å². The average Bonchev–Trinajstić information content (AvgIpc) is 3.24. The van der Waals surface area contributed by atoms with Gasteiger partial charge in [0.2, 0.25) is 0 Å². The lowest BCUT2D eigenvalue weighted by molar-refractivity contribution is 0.0642. The molecular formula is C19H23NO3S. The first-order chi connectivity index (χ1) is 11.6. The van der Waals surface area contributed by atoms with E-state index in [0.29, 0.717) is 23.9 Å². The highest BCUT2D eigenvalue weighted by Gasteiger charge is 2.28. The number of benzene rings is 1. The molecule has 0 radical (unpaired) electrons. The minimum absolute atomic E-state index is 0.0110. The minimum Gasteiger partial charge on any atom is -0.491 e. The number of hydrogen-bond donors (Lipinski definition) is 1. The molecule has 1 aromatic heterocycles. The van der Waals surface area contributed by atoms with Gasteiger partial charge in [0, 0.05) is 23.0 Å². The second-order valence-electron chi connectivity index (χ2n) is 6.22. The number of nitrogens with zero attached hydrogens (tertiary/aromatic N) is 1. The van der Waals surface area contributed by atoms with E-state index in [4.69, 9.17) is 4.74 Å². The highest BCUT2D eigenvalue weighted by Crippen LogP contribution is 2.34. The molecule has 1 aromatic carbocycles. The van der Waals surface area contributed by atoms with Crippen LogP contribution in [0.2, 0.25) is 0 Å². The summed E-state index contributed by atoms with van der Waals surface area (Å²) in [5.74, 6) is 0.634. The molecule has 1 aliphatic heterocycles. The van der Waals surface area contributed by atoms with Gasteiger partial charge in [0.1, 0.15) is 18.5 Å². The van der Waals surface area contributed by atoms with E-state index in [1.165, 1.54) is 11.8 Å². The van der Waals surface area contributed by atoms with Crippen LogP contribution in [0.3, 0.4) is 0 Å². The predicted octanol–water partition coefficient (Wildman–Crippen LogP) is 3.53. The molecule has 2 atom stereocenters. The molecule has 3 rings (SSSR count).